The predicted octanol–water partition coefficient (Wildman–Crippen LogP) is 3.78. The molecule has 0 radical (unpaired) electrons. The smallest absolute Gasteiger partial charge is 0.258 e. The van der Waals surface area contributed by atoms with Crippen LogP contribution in [0, 0.1) is 6.92 Å². The summed E-state index contributed by atoms with van der Waals surface area (Å²) in [5.74, 6) is 0.580. The van der Waals surface area contributed by atoms with E-state index in [0.717, 1.165) is 11.3 Å². The van der Waals surface area contributed by atoms with E-state index in [1.165, 1.54) is 0 Å². The van der Waals surface area contributed by atoms with Crippen molar-refractivity contribution in [1.29, 1.82) is 0 Å². The van der Waals surface area contributed by atoms with E-state index in [4.69, 9.17) is 11.6 Å². The van der Waals surface area contributed by atoms with Crippen LogP contribution in [0.3, 0.4) is 0 Å². The van der Waals surface area contributed by atoms with Crippen LogP contribution >= 0.6 is 11.6 Å². The number of carbonyl (C=O) groups excluding carboxylic acids is 1. The van der Waals surface area contributed by atoms with Gasteiger partial charge in [-0.3, -0.25) is 4.79 Å². The quantitative estimate of drug-likeness (QED) is 0.805. The summed E-state index contributed by atoms with van der Waals surface area (Å²) in [7, 11) is 3.73. The molecule has 0 aliphatic heterocycles. The molecule has 0 aliphatic rings. The molecule has 1 aromatic carbocycles. The summed E-state index contributed by atoms with van der Waals surface area (Å²) in [6.45, 7) is 4.55. The molecule has 4 nitrogen and oxygen atoms in total. The number of anilines is 2. The number of nitrogens with zero attached hydrogens (tertiary/aromatic N) is 3. The van der Waals surface area contributed by atoms with Crippen LogP contribution < -0.4 is 9.80 Å². The van der Waals surface area contributed by atoms with Gasteiger partial charge in [0.15, 0.2) is 0 Å². The molecule has 0 fully saturated rings. The van der Waals surface area contributed by atoms with Crippen molar-refractivity contribution in [3.63, 3.8) is 0 Å². The van der Waals surface area contributed by atoms with E-state index >= 15 is 0 Å². The second-order valence-corrected chi connectivity index (χ2v) is 5.71. The number of aryl methyl sites for hydroxylation is 1. The first kappa shape index (κ1) is 16.3. The Morgan fingerprint density at radius 1 is 1.23 bits per heavy atom. The Hall–Kier alpha value is -2.07. The fourth-order valence-electron chi connectivity index (χ4n) is 2.23. The monoisotopic (exact) mass is 317 g/mol. The summed E-state index contributed by atoms with van der Waals surface area (Å²) in [5.41, 5.74) is 2.53. The molecule has 1 amide bonds. The largest absolute Gasteiger partial charge is 0.363 e. The maximum absolute atomic E-state index is 12.8. The highest BCUT2D eigenvalue weighted by atomic mass is 35.5. The molecule has 0 N–H and O–H groups in total. The summed E-state index contributed by atoms with van der Waals surface area (Å²) in [6.07, 6.45) is 0. The zero-order valence-corrected chi connectivity index (χ0v) is 14.1. The van der Waals surface area contributed by atoms with Crippen LogP contribution in [-0.4, -0.2) is 31.5 Å². The number of hydrogen-bond acceptors (Lipinski definition) is 3. The van der Waals surface area contributed by atoms with Gasteiger partial charge in [-0.15, -0.1) is 0 Å². The van der Waals surface area contributed by atoms with Crippen LogP contribution in [0.5, 0.6) is 0 Å². The van der Waals surface area contributed by atoms with Gasteiger partial charge < -0.3 is 9.80 Å². The molecule has 0 spiro atoms. The summed E-state index contributed by atoms with van der Waals surface area (Å²) in [5, 5.41) is 0.315. The van der Waals surface area contributed by atoms with Crippen molar-refractivity contribution in [3.8, 4) is 0 Å². The lowest BCUT2D eigenvalue weighted by Gasteiger charge is -2.22. The van der Waals surface area contributed by atoms with Crippen molar-refractivity contribution in [2.45, 2.75) is 13.8 Å². The van der Waals surface area contributed by atoms with E-state index in [2.05, 4.69) is 4.98 Å². The Morgan fingerprint density at radius 2 is 1.95 bits per heavy atom. The van der Waals surface area contributed by atoms with Gasteiger partial charge in [0.05, 0.1) is 0 Å². The number of hydrogen-bond donors (Lipinski definition) is 0. The van der Waals surface area contributed by atoms with E-state index in [-0.39, 0.29) is 5.91 Å². The van der Waals surface area contributed by atoms with Gasteiger partial charge in [0.25, 0.3) is 5.91 Å². The number of pyridine rings is 1. The van der Waals surface area contributed by atoms with Crippen molar-refractivity contribution in [2.75, 3.05) is 30.4 Å². The van der Waals surface area contributed by atoms with E-state index < -0.39 is 0 Å². The van der Waals surface area contributed by atoms with E-state index in [9.17, 15) is 4.79 Å². The van der Waals surface area contributed by atoms with Gasteiger partial charge in [0.1, 0.15) is 11.0 Å². The number of amides is 1. The van der Waals surface area contributed by atoms with Crippen molar-refractivity contribution in [2.24, 2.45) is 0 Å². The molecular formula is C17H20ClN3O. The number of benzene rings is 1. The molecule has 5 heteroatoms. The zero-order chi connectivity index (χ0) is 16.3. The number of aromatic nitrogens is 1. The van der Waals surface area contributed by atoms with Gasteiger partial charge in [-0.25, -0.2) is 4.98 Å². The van der Waals surface area contributed by atoms with E-state index in [1.807, 2.05) is 57.1 Å². The minimum Gasteiger partial charge on any atom is -0.363 e. The minimum atomic E-state index is -0.0829. The normalized spacial score (nSPS) is 10.4. The molecule has 2 aromatic rings. The number of halogens is 1. The van der Waals surface area contributed by atoms with Gasteiger partial charge >= 0.3 is 0 Å². The second kappa shape index (κ2) is 6.79. The highest BCUT2D eigenvalue weighted by molar-refractivity contribution is 6.30. The van der Waals surface area contributed by atoms with Crippen LogP contribution in [0.1, 0.15) is 22.8 Å². The van der Waals surface area contributed by atoms with Crippen LogP contribution in [-0.2, 0) is 0 Å². The maximum atomic E-state index is 12.8. The summed E-state index contributed by atoms with van der Waals surface area (Å²) < 4.78 is 0. The zero-order valence-electron chi connectivity index (χ0n) is 13.3. The minimum absolute atomic E-state index is 0.0829. The third-order valence-electron chi connectivity index (χ3n) is 3.36. The average Bonchev–Trinajstić information content (AvgIpc) is 2.47. The molecule has 22 heavy (non-hydrogen) atoms. The van der Waals surface area contributed by atoms with Crippen LogP contribution in [0.15, 0.2) is 36.4 Å². The lowest BCUT2D eigenvalue weighted by atomic mass is 10.1. The fourth-order valence-corrected chi connectivity index (χ4v) is 2.43. The Morgan fingerprint density at radius 3 is 2.55 bits per heavy atom. The third kappa shape index (κ3) is 3.57. The van der Waals surface area contributed by atoms with Crippen LogP contribution in [0.2, 0.25) is 5.15 Å². The molecule has 2 rings (SSSR count). The van der Waals surface area contributed by atoms with E-state index in [1.54, 1.807) is 17.0 Å². The molecule has 0 unspecified atom stereocenters. The Kier molecular flexibility index (Phi) is 5.03. The molecule has 0 bridgehead atoms. The van der Waals surface area contributed by atoms with Gasteiger partial charge in [0, 0.05) is 31.9 Å². The topological polar surface area (TPSA) is 36.4 Å². The summed E-state index contributed by atoms with van der Waals surface area (Å²) in [4.78, 5) is 20.6. The van der Waals surface area contributed by atoms with Crippen molar-refractivity contribution in [3.05, 3.63) is 52.7 Å². The Balaban J connectivity index is 2.41. The molecule has 0 saturated carbocycles. The molecular weight excluding hydrogens is 298 g/mol. The highest BCUT2D eigenvalue weighted by Crippen LogP contribution is 2.22. The fraction of sp³-hybridized carbons (Fsp3) is 0.294. The van der Waals surface area contributed by atoms with Gasteiger partial charge in [-0.2, -0.15) is 0 Å². The standard InChI is InChI=1S/C17H20ClN3O/c1-5-21(14-8-6-7-12(2)9-14)17(22)13-10-15(18)19-16(11-13)20(3)4/h6-11H,5H2,1-4H3. The molecule has 0 atom stereocenters. The van der Waals surface area contributed by atoms with E-state index in [0.29, 0.717) is 23.1 Å². The molecule has 0 saturated heterocycles. The van der Waals surface area contributed by atoms with Crippen LogP contribution in [0.4, 0.5) is 11.5 Å². The van der Waals surface area contributed by atoms with Crippen molar-refractivity contribution >= 4 is 29.0 Å². The molecule has 0 aliphatic carbocycles. The van der Waals surface area contributed by atoms with Gasteiger partial charge in [-0.05, 0) is 43.7 Å². The molecule has 1 aromatic heterocycles. The number of rotatable bonds is 4. The first-order chi connectivity index (χ1) is 10.4. The van der Waals surface area contributed by atoms with Gasteiger partial charge in [0.2, 0.25) is 0 Å². The van der Waals surface area contributed by atoms with Crippen LogP contribution in [0.25, 0.3) is 0 Å². The van der Waals surface area contributed by atoms with Crippen molar-refractivity contribution in [1.82, 2.24) is 4.98 Å². The summed E-state index contributed by atoms with van der Waals surface area (Å²) in [6, 6.07) is 11.3. The first-order valence-corrected chi connectivity index (χ1v) is 7.53. The predicted molar refractivity (Wildman–Crippen MR) is 92.1 cm³/mol. The lowest BCUT2D eigenvalue weighted by molar-refractivity contribution is 0.0988. The maximum Gasteiger partial charge on any atom is 0.258 e. The molecule has 116 valence electrons. The highest BCUT2D eigenvalue weighted by Gasteiger charge is 2.18. The SMILES string of the molecule is CCN(C(=O)c1cc(Cl)nc(N(C)C)c1)c1cccc(C)c1. The molecule has 1 heterocycles. The third-order valence-corrected chi connectivity index (χ3v) is 3.55. The van der Waals surface area contributed by atoms with Gasteiger partial charge in [-0.1, -0.05) is 23.7 Å². The Bertz CT molecular complexity index is 685. The average molecular weight is 318 g/mol. The number of carbonyl (C=O) groups is 1. The first-order valence-electron chi connectivity index (χ1n) is 7.15. The lowest BCUT2D eigenvalue weighted by Crippen LogP contribution is -2.31. The summed E-state index contributed by atoms with van der Waals surface area (Å²) >= 11 is 6.05. The van der Waals surface area contributed by atoms with Crippen molar-refractivity contribution < 1.29 is 4.79 Å². The second-order valence-electron chi connectivity index (χ2n) is 5.32. The Labute approximate surface area is 136 Å².